The minimum atomic E-state index is -2.39. The summed E-state index contributed by atoms with van der Waals surface area (Å²) in [6.07, 6.45) is 0. The molecular formula is C8H7N3O2S. The van der Waals surface area contributed by atoms with Gasteiger partial charge in [0.05, 0.1) is 11.0 Å². The molecule has 0 amide bonds. The third kappa shape index (κ3) is 1.35. The SMILES string of the molecule is Nc1nc2ccccc2[nH]c1=S(=O)=O. The molecule has 0 fully saturated rings. The van der Waals surface area contributed by atoms with E-state index in [0.717, 1.165) is 0 Å². The van der Waals surface area contributed by atoms with E-state index >= 15 is 0 Å². The Bertz CT molecular complexity index is 650. The lowest BCUT2D eigenvalue weighted by atomic mass is 10.3. The van der Waals surface area contributed by atoms with Crippen LogP contribution in [0.1, 0.15) is 0 Å². The van der Waals surface area contributed by atoms with E-state index in [4.69, 9.17) is 5.73 Å². The summed E-state index contributed by atoms with van der Waals surface area (Å²) in [7, 11) is -2.39. The van der Waals surface area contributed by atoms with Gasteiger partial charge >= 0.3 is 0 Å². The Balaban J connectivity index is 3.07. The number of rotatable bonds is 0. The first-order valence-corrected chi connectivity index (χ1v) is 4.93. The fourth-order valence-electron chi connectivity index (χ4n) is 1.17. The van der Waals surface area contributed by atoms with Crippen LogP contribution in [-0.2, 0) is 10.3 Å². The predicted octanol–water partition coefficient (Wildman–Crippen LogP) is 0.556. The molecule has 0 radical (unpaired) electrons. The number of para-hydroxylation sites is 2. The van der Waals surface area contributed by atoms with Crippen LogP contribution in [0.25, 0.3) is 11.0 Å². The van der Waals surface area contributed by atoms with Crippen molar-refractivity contribution >= 4 is 27.1 Å². The zero-order valence-electron chi connectivity index (χ0n) is 7.06. The van der Waals surface area contributed by atoms with E-state index in [-0.39, 0.29) is 10.5 Å². The predicted molar refractivity (Wildman–Crippen MR) is 52.7 cm³/mol. The van der Waals surface area contributed by atoms with E-state index in [1.807, 2.05) is 0 Å². The Morgan fingerprint density at radius 3 is 2.71 bits per heavy atom. The first kappa shape index (κ1) is 8.76. The van der Waals surface area contributed by atoms with Crippen LogP contribution in [0.4, 0.5) is 5.82 Å². The van der Waals surface area contributed by atoms with E-state index in [1.165, 1.54) is 0 Å². The molecule has 5 nitrogen and oxygen atoms in total. The molecule has 2 aromatic rings. The van der Waals surface area contributed by atoms with Gasteiger partial charge in [0.1, 0.15) is 0 Å². The van der Waals surface area contributed by atoms with Gasteiger partial charge in [-0.05, 0) is 12.1 Å². The number of aromatic nitrogens is 2. The lowest BCUT2D eigenvalue weighted by Gasteiger charge is -1.97. The highest BCUT2D eigenvalue weighted by Gasteiger charge is 1.98. The average molecular weight is 209 g/mol. The number of nitrogens with zero attached hydrogens (tertiary/aromatic N) is 1. The van der Waals surface area contributed by atoms with Crippen molar-refractivity contribution in [3.8, 4) is 0 Å². The van der Waals surface area contributed by atoms with Crippen molar-refractivity contribution in [1.82, 2.24) is 9.97 Å². The number of hydrogen-bond acceptors (Lipinski definition) is 4. The third-order valence-electron chi connectivity index (χ3n) is 1.79. The third-order valence-corrected chi connectivity index (χ3v) is 2.44. The van der Waals surface area contributed by atoms with Crippen molar-refractivity contribution in [2.24, 2.45) is 0 Å². The number of H-pyrrole nitrogens is 1. The molecule has 0 aliphatic carbocycles. The highest BCUT2D eigenvalue weighted by molar-refractivity contribution is 7.63. The highest BCUT2D eigenvalue weighted by atomic mass is 32.2. The van der Waals surface area contributed by atoms with Crippen LogP contribution >= 0.6 is 0 Å². The molecule has 1 aromatic carbocycles. The number of anilines is 1. The fraction of sp³-hybridized carbons (Fsp3) is 0. The van der Waals surface area contributed by atoms with Gasteiger partial charge in [-0.25, -0.2) is 4.98 Å². The Hall–Kier alpha value is -1.82. The van der Waals surface area contributed by atoms with Crippen LogP contribution in [0.5, 0.6) is 0 Å². The van der Waals surface area contributed by atoms with Crippen LogP contribution in [0.15, 0.2) is 24.3 Å². The molecule has 0 bridgehead atoms. The normalized spacial score (nSPS) is 10.3. The molecule has 3 N–H and O–H groups in total. The first-order chi connectivity index (χ1) is 6.68. The molecule has 0 atom stereocenters. The average Bonchev–Trinajstić information content (AvgIpc) is 2.16. The Morgan fingerprint density at radius 2 is 2.00 bits per heavy atom. The minimum Gasteiger partial charge on any atom is -0.381 e. The summed E-state index contributed by atoms with van der Waals surface area (Å²) in [5.41, 5.74) is 6.73. The van der Waals surface area contributed by atoms with Crippen molar-refractivity contribution in [2.45, 2.75) is 0 Å². The number of fused-ring (bicyclic) bond motifs is 1. The number of benzene rings is 1. The van der Waals surface area contributed by atoms with E-state index in [1.54, 1.807) is 24.3 Å². The second-order valence-electron chi connectivity index (χ2n) is 2.70. The molecule has 0 aliphatic rings. The second-order valence-corrected chi connectivity index (χ2v) is 3.58. The first-order valence-electron chi connectivity index (χ1n) is 3.85. The van der Waals surface area contributed by atoms with Crippen LogP contribution in [0.2, 0.25) is 0 Å². The summed E-state index contributed by atoms with van der Waals surface area (Å²) in [6, 6.07) is 7.07. The van der Waals surface area contributed by atoms with E-state index in [9.17, 15) is 8.42 Å². The topological polar surface area (TPSA) is 88.8 Å². The maximum absolute atomic E-state index is 10.7. The van der Waals surface area contributed by atoms with E-state index in [2.05, 4.69) is 9.97 Å². The maximum atomic E-state index is 10.7. The molecule has 72 valence electrons. The highest BCUT2D eigenvalue weighted by Crippen LogP contribution is 2.09. The van der Waals surface area contributed by atoms with Gasteiger partial charge in [0.15, 0.2) is 5.82 Å². The largest absolute Gasteiger partial charge is 0.381 e. The zero-order valence-corrected chi connectivity index (χ0v) is 7.88. The second kappa shape index (κ2) is 3.15. The molecule has 6 heteroatoms. The molecule has 0 spiro atoms. The van der Waals surface area contributed by atoms with Gasteiger partial charge < -0.3 is 10.7 Å². The van der Waals surface area contributed by atoms with Gasteiger partial charge in [0, 0.05) is 0 Å². The van der Waals surface area contributed by atoms with Gasteiger partial charge in [-0.1, -0.05) is 12.1 Å². The van der Waals surface area contributed by atoms with Crippen LogP contribution in [0, 0.1) is 4.64 Å². The van der Waals surface area contributed by atoms with Gasteiger partial charge in [-0.15, -0.1) is 0 Å². The number of nitrogen functional groups attached to an aromatic ring is 1. The summed E-state index contributed by atoms with van der Waals surface area (Å²) < 4.78 is 21.3. The van der Waals surface area contributed by atoms with E-state index in [0.29, 0.717) is 11.0 Å². The number of aromatic amines is 1. The summed E-state index contributed by atoms with van der Waals surface area (Å²) >= 11 is 0. The van der Waals surface area contributed by atoms with Gasteiger partial charge in [0.2, 0.25) is 14.9 Å². The molecule has 0 saturated carbocycles. The molecule has 0 unspecified atom stereocenters. The quantitative estimate of drug-likeness (QED) is 0.620. The van der Waals surface area contributed by atoms with Crippen LogP contribution in [-0.4, -0.2) is 18.4 Å². The monoisotopic (exact) mass is 209 g/mol. The standard InChI is InChI=1S/C8H7N3O2S/c9-7-8(14(12)13)11-6-4-2-1-3-5(6)10-7/h1-4,11H,(H2,9,10). The van der Waals surface area contributed by atoms with Crippen molar-refractivity contribution in [3.63, 3.8) is 0 Å². The van der Waals surface area contributed by atoms with E-state index < -0.39 is 10.3 Å². The lowest BCUT2D eigenvalue weighted by Crippen LogP contribution is -1.96. The Morgan fingerprint density at radius 1 is 1.29 bits per heavy atom. The summed E-state index contributed by atoms with van der Waals surface area (Å²) in [6.45, 7) is 0. The summed E-state index contributed by atoms with van der Waals surface area (Å²) in [5.74, 6) is -0.0166. The Labute approximate surface area is 80.8 Å². The summed E-state index contributed by atoms with van der Waals surface area (Å²) in [4.78, 5) is 6.64. The number of hydrogen-bond donors (Lipinski definition) is 2. The van der Waals surface area contributed by atoms with Gasteiger partial charge in [0.25, 0.3) is 0 Å². The smallest absolute Gasteiger partial charge is 0.242 e. The molecular weight excluding hydrogens is 202 g/mol. The minimum absolute atomic E-state index is 0.0166. The molecule has 14 heavy (non-hydrogen) atoms. The molecule has 2 rings (SSSR count). The number of nitrogens with two attached hydrogens (primary N) is 1. The number of nitrogens with one attached hydrogen (secondary N) is 1. The summed E-state index contributed by atoms with van der Waals surface area (Å²) in [5, 5.41) is 0. The lowest BCUT2D eigenvalue weighted by molar-refractivity contribution is 0.624. The van der Waals surface area contributed by atoms with Crippen molar-refractivity contribution < 1.29 is 8.42 Å². The van der Waals surface area contributed by atoms with Crippen LogP contribution in [0.3, 0.4) is 0 Å². The molecule has 0 aliphatic heterocycles. The van der Waals surface area contributed by atoms with Gasteiger partial charge in [-0.3, -0.25) is 0 Å². The fourth-order valence-corrected chi connectivity index (χ4v) is 1.58. The Kier molecular flexibility index (Phi) is 1.97. The van der Waals surface area contributed by atoms with Crippen molar-refractivity contribution in [2.75, 3.05) is 5.73 Å². The molecule has 0 saturated heterocycles. The van der Waals surface area contributed by atoms with Crippen molar-refractivity contribution in [3.05, 3.63) is 28.9 Å². The molecule has 1 aromatic heterocycles. The molecule has 1 heterocycles. The van der Waals surface area contributed by atoms with Crippen molar-refractivity contribution in [1.29, 1.82) is 0 Å². The maximum Gasteiger partial charge on any atom is 0.242 e. The zero-order chi connectivity index (χ0) is 10.1. The van der Waals surface area contributed by atoms with Gasteiger partial charge in [-0.2, -0.15) is 8.42 Å². The van der Waals surface area contributed by atoms with Crippen LogP contribution < -0.4 is 5.73 Å².